The fourth-order valence-corrected chi connectivity index (χ4v) is 4.07. The molecule has 120 valence electrons. The van der Waals surface area contributed by atoms with Crippen LogP contribution in [0.2, 0.25) is 0 Å². The molecule has 0 bridgehead atoms. The molecule has 2 atom stereocenters. The Morgan fingerprint density at radius 3 is 2.68 bits per heavy atom. The predicted octanol–water partition coefficient (Wildman–Crippen LogP) is 1.92. The Labute approximate surface area is 130 Å². The first-order valence-corrected chi connectivity index (χ1v) is 8.56. The number of carbonyl (C=O) groups excluding carboxylic acids is 1. The third-order valence-corrected chi connectivity index (χ3v) is 5.31. The zero-order valence-corrected chi connectivity index (χ0v) is 13.2. The van der Waals surface area contributed by atoms with Gasteiger partial charge in [0.15, 0.2) is 0 Å². The molecular weight excluding hydrogens is 280 g/mol. The fourth-order valence-electron chi connectivity index (χ4n) is 4.07. The lowest BCUT2D eigenvalue weighted by Crippen LogP contribution is -2.47. The predicted molar refractivity (Wildman–Crippen MR) is 80.1 cm³/mol. The van der Waals surface area contributed by atoms with Gasteiger partial charge < -0.3 is 9.32 Å². The van der Waals surface area contributed by atoms with E-state index in [4.69, 9.17) is 4.42 Å². The highest BCUT2D eigenvalue weighted by Gasteiger charge is 2.39. The van der Waals surface area contributed by atoms with Gasteiger partial charge in [0.1, 0.15) is 0 Å². The summed E-state index contributed by atoms with van der Waals surface area (Å²) < 4.78 is 5.81. The van der Waals surface area contributed by atoms with E-state index in [0.29, 0.717) is 18.0 Å². The van der Waals surface area contributed by atoms with Crippen LogP contribution in [0.15, 0.2) is 4.42 Å². The van der Waals surface area contributed by atoms with Gasteiger partial charge in [-0.05, 0) is 45.1 Å². The number of amides is 1. The van der Waals surface area contributed by atoms with Crippen LogP contribution in [0.4, 0.5) is 0 Å². The summed E-state index contributed by atoms with van der Waals surface area (Å²) in [7, 11) is 0. The maximum absolute atomic E-state index is 11.8. The Bertz CT molecular complexity index is 554. The minimum atomic E-state index is 0.211. The van der Waals surface area contributed by atoms with E-state index in [9.17, 15) is 4.79 Å². The lowest BCUT2D eigenvalue weighted by atomic mass is 10.0. The summed E-state index contributed by atoms with van der Waals surface area (Å²) in [5.74, 6) is 2.28. The van der Waals surface area contributed by atoms with Crippen molar-refractivity contribution < 1.29 is 9.21 Å². The Hall–Kier alpha value is -1.43. The van der Waals surface area contributed by atoms with Gasteiger partial charge in [0.05, 0.1) is 6.54 Å². The van der Waals surface area contributed by atoms with Crippen LogP contribution in [0, 0.1) is 0 Å². The van der Waals surface area contributed by atoms with E-state index in [1.165, 1.54) is 19.3 Å². The Morgan fingerprint density at radius 2 is 1.91 bits per heavy atom. The van der Waals surface area contributed by atoms with Crippen molar-refractivity contribution in [2.45, 2.75) is 70.0 Å². The number of likely N-dealkylation sites (tertiary alicyclic amines) is 2. The van der Waals surface area contributed by atoms with Crippen LogP contribution in [-0.2, 0) is 11.3 Å². The molecule has 0 spiro atoms. The molecule has 3 heterocycles. The van der Waals surface area contributed by atoms with Gasteiger partial charge in [0.25, 0.3) is 0 Å². The average Bonchev–Trinajstić information content (AvgIpc) is 2.94. The van der Waals surface area contributed by atoms with Crippen molar-refractivity contribution >= 4 is 5.91 Å². The number of nitrogens with zero attached hydrogens (tertiary/aromatic N) is 4. The van der Waals surface area contributed by atoms with Gasteiger partial charge in [0.2, 0.25) is 17.7 Å². The van der Waals surface area contributed by atoms with Crippen LogP contribution in [-0.4, -0.2) is 51.1 Å². The van der Waals surface area contributed by atoms with Gasteiger partial charge >= 0.3 is 0 Å². The summed E-state index contributed by atoms with van der Waals surface area (Å²) in [4.78, 5) is 16.3. The highest BCUT2D eigenvalue weighted by atomic mass is 16.4. The number of carbonyl (C=O) groups is 1. The second kappa shape index (κ2) is 5.65. The minimum Gasteiger partial charge on any atom is -0.424 e. The normalized spacial score (nSPS) is 29.4. The first-order chi connectivity index (χ1) is 10.7. The van der Waals surface area contributed by atoms with E-state index in [2.05, 4.69) is 20.0 Å². The van der Waals surface area contributed by atoms with Crippen LogP contribution in [0.5, 0.6) is 0 Å². The molecule has 3 aliphatic rings. The lowest BCUT2D eigenvalue weighted by molar-refractivity contribution is -0.130. The number of hydrogen-bond donors (Lipinski definition) is 0. The second-order valence-corrected chi connectivity index (χ2v) is 6.91. The van der Waals surface area contributed by atoms with Crippen molar-refractivity contribution in [3.05, 3.63) is 11.8 Å². The van der Waals surface area contributed by atoms with Crippen LogP contribution < -0.4 is 0 Å². The average molecular weight is 304 g/mol. The van der Waals surface area contributed by atoms with E-state index in [-0.39, 0.29) is 5.91 Å². The molecule has 4 rings (SSSR count). The minimum absolute atomic E-state index is 0.211. The summed E-state index contributed by atoms with van der Waals surface area (Å²) >= 11 is 0. The Morgan fingerprint density at radius 1 is 1.14 bits per heavy atom. The Balaban J connectivity index is 1.44. The van der Waals surface area contributed by atoms with Gasteiger partial charge in [-0.15, -0.1) is 10.2 Å². The fraction of sp³-hybridized carbons (Fsp3) is 0.812. The second-order valence-electron chi connectivity index (χ2n) is 6.91. The zero-order valence-electron chi connectivity index (χ0n) is 13.2. The van der Waals surface area contributed by atoms with Crippen molar-refractivity contribution in [1.29, 1.82) is 0 Å². The smallest absolute Gasteiger partial charge is 0.230 e. The third kappa shape index (κ3) is 2.64. The molecule has 2 saturated heterocycles. The summed E-state index contributed by atoms with van der Waals surface area (Å²) in [6, 6.07) is 0.813. The molecule has 22 heavy (non-hydrogen) atoms. The Kier molecular flexibility index (Phi) is 3.64. The number of hydrogen-bond acceptors (Lipinski definition) is 5. The third-order valence-electron chi connectivity index (χ3n) is 5.31. The highest BCUT2D eigenvalue weighted by molar-refractivity contribution is 5.74. The van der Waals surface area contributed by atoms with Gasteiger partial charge in [-0.25, -0.2) is 0 Å². The van der Waals surface area contributed by atoms with Crippen molar-refractivity contribution in [2.75, 3.05) is 13.1 Å². The highest BCUT2D eigenvalue weighted by Crippen LogP contribution is 2.39. The van der Waals surface area contributed by atoms with Crippen molar-refractivity contribution in [1.82, 2.24) is 20.0 Å². The van der Waals surface area contributed by atoms with Crippen LogP contribution >= 0.6 is 0 Å². The SMILES string of the molecule is CC(=O)N1CCC[C@@H]1[C@H]1CCCN1Cc1nnc(C2CC2)o1. The molecule has 2 aliphatic heterocycles. The summed E-state index contributed by atoms with van der Waals surface area (Å²) in [6.07, 6.45) is 6.97. The zero-order chi connectivity index (χ0) is 15.1. The monoisotopic (exact) mass is 304 g/mol. The molecule has 0 unspecified atom stereocenters. The molecular formula is C16H24N4O2. The van der Waals surface area contributed by atoms with Crippen molar-refractivity contribution in [3.8, 4) is 0 Å². The van der Waals surface area contributed by atoms with Crippen molar-refractivity contribution in [3.63, 3.8) is 0 Å². The topological polar surface area (TPSA) is 62.5 Å². The number of rotatable bonds is 4. The lowest BCUT2D eigenvalue weighted by Gasteiger charge is -2.34. The molecule has 6 nitrogen and oxygen atoms in total. The molecule has 1 aromatic heterocycles. The maximum Gasteiger partial charge on any atom is 0.230 e. The summed E-state index contributed by atoms with van der Waals surface area (Å²) in [5.41, 5.74) is 0. The molecule has 1 saturated carbocycles. The van der Waals surface area contributed by atoms with E-state index in [1.54, 1.807) is 6.92 Å². The first-order valence-electron chi connectivity index (χ1n) is 8.56. The van der Waals surface area contributed by atoms with Crippen LogP contribution in [0.3, 0.4) is 0 Å². The molecule has 6 heteroatoms. The molecule has 0 radical (unpaired) electrons. The van der Waals surface area contributed by atoms with Gasteiger partial charge in [-0.3, -0.25) is 9.69 Å². The van der Waals surface area contributed by atoms with Crippen LogP contribution in [0.25, 0.3) is 0 Å². The quantitative estimate of drug-likeness (QED) is 0.850. The summed E-state index contributed by atoms with van der Waals surface area (Å²) in [6.45, 7) is 4.40. The van der Waals surface area contributed by atoms with Gasteiger partial charge in [-0.2, -0.15) is 0 Å². The largest absolute Gasteiger partial charge is 0.424 e. The van der Waals surface area contributed by atoms with Gasteiger partial charge in [0, 0.05) is 31.5 Å². The standard InChI is InChI=1S/C16H24N4O2/c1-11(21)20-9-3-5-14(20)13-4-2-8-19(13)10-15-17-18-16(22-15)12-6-7-12/h12-14H,2-10H2,1H3/t13-,14-/m1/s1. The first kappa shape index (κ1) is 14.2. The van der Waals surface area contributed by atoms with Gasteiger partial charge in [-0.1, -0.05) is 0 Å². The van der Waals surface area contributed by atoms with Crippen molar-refractivity contribution in [2.24, 2.45) is 0 Å². The van der Waals surface area contributed by atoms with E-state index in [1.807, 2.05) is 0 Å². The van der Waals surface area contributed by atoms with E-state index < -0.39 is 0 Å². The summed E-state index contributed by atoms with van der Waals surface area (Å²) in [5, 5.41) is 8.40. The molecule has 0 aromatic carbocycles. The van der Waals surface area contributed by atoms with E-state index >= 15 is 0 Å². The molecule has 1 amide bonds. The molecule has 0 N–H and O–H groups in total. The molecule has 3 fully saturated rings. The van der Waals surface area contributed by atoms with E-state index in [0.717, 1.165) is 50.7 Å². The molecule has 1 aliphatic carbocycles. The van der Waals surface area contributed by atoms with Crippen LogP contribution in [0.1, 0.15) is 63.1 Å². The number of aromatic nitrogens is 2. The maximum atomic E-state index is 11.8. The molecule has 1 aromatic rings.